The van der Waals surface area contributed by atoms with Crippen molar-refractivity contribution in [3.8, 4) is 5.75 Å². The molecular weight excluding hydrogens is 250 g/mol. The summed E-state index contributed by atoms with van der Waals surface area (Å²) in [5, 5.41) is 12.3. The molecule has 0 heterocycles. The molecule has 0 unspecified atom stereocenters. The molecule has 0 saturated heterocycles. The van der Waals surface area contributed by atoms with E-state index in [1.54, 1.807) is 0 Å². The van der Waals surface area contributed by atoms with E-state index in [0.29, 0.717) is 6.61 Å². The highest BCUT2D eigenvalue weighted by molar-refractivity contribution is 5.28. The van der Waals surface area contributed by atoms with Gasteiger partial charge in [-0.05, 0) is 35.4 Å². The molecular formula is C17H21NO2. The first-order valence-corrected chi connectivity index (χ1v) is 6.93. The van der Waals surface area contributed by atoms with E-state index in [1.807, 2.05) is 36.4 Å². The van der Waals surface area contributed by atoms with Gasteiger partial charge < -0.3 is 15.2 Å². The number of nitrogens with one attached hydrogen (secondary N) is 1. The van der Waals surface area contributed by atoms with Gasteiger partial charge in [0.15, 0.2) is 0 Å². The number of aliphatic hydroxyl groups excluding tert-OH is 1. The normalized spacial score (nSPS) is 10.5. The monoisotopic (exact) mass is 271 g/mol. The second-order valence-electron chi connectivity index (χ2n) is 4.69. The van der Waals surface area contributed by atoms with Crippen LogP contribution in [0.3, 0.4) is 0 Å². The van der Waals surface area contributed by atoms with Gasteiger partial charge in [-0.3, -0.25) is 0 Å². The topological polar surface area (TPSA) is 41.5 Å². The summed E-state index contributed by atoms with van der Waals surface area (Å²) >= 11 is 0. The lowest BCUT2D eigenvalue weighted by molar-refractivity contribution is 0.281. The fourth-order valence-electron chi connectivity index (χ4n) is 1.88. The molecule has 0 radical (unpaired) electrons. The summed E-state index contributed by atoms with van der Waals surface area (Å²) in [7, 11) is 0. The first-order valence-electron chi connectivity index (χ1n) is 6.93. The minimum atomic E-state index is 0.0778. The maximum Gasteiger partial charge on any atom is 0.119 e. The Kier molecular flexibility index (Phi) is 5.59. The fraction of sp³-hybridized carbons (Fsp3) is 0.294. The Morgan fingerprint density at radius 3 is 2.10 bits per heavy atom. The first-order chi connectivity index (χ1) is 9.81. The van der Waals surface area contributed by atoms with Crippen molar-refractivity contribution in [2.24, 2.45) is 0 Å². The van der Waals surface area contributed by atoms with Gasteiger partial charge in [0.1, 0.15) is 12.4 Å². The highest BCUT2D eigenvalue weighted by Crippen LogP contribution is 2.14. The Labute approximate surface area is 120 Å². The first kappa shape index (κ1) is 14.6. The predicted octanol–water partition coefficient (Wildman–Crippen LogP) is 2.87. The Morgan fingerprint density at radius 2 is 1.50 bits per heavy atom. The standard InChI is InChI=1S/C17H21NO2/c1-2-18-11-14-7-9-17(10-8-14)20-13-16-5-3-15(12-19)4-6-16/h3-10,18-19H,2,11-13H2,1H3. The molecule has 0 amide bonds. The summed E-state index contributed by atoms with van der Waals surface area (Å²) in [6.07, 6.45) is 0. The van der Waals surface area contributed by atoms with E-state index in [0.717, 1.165) is 30.0 Å². The van der Waals surface area contributed by atoms with Gasteiger partial charge in [-0.15, -0.1) is 0 Å². The lowest BCUT2D eigenvalue weighted by Gasteiger charge is -2.08. The molecule has 3 nitrogen and oxygen atoms in total. The van der Waals surface area contributed by atoms with E-state index in [4.69, 9.17) is 9.84 Å². The molecule has 0 aromatic heterocycles. The van der Waals surface area contributed by atoms with Crippen molar-refractivity contribution in [1.82, 2.24) is 5.32 Å². The van der Waals surface area contributed by atoms with E-state index in [2.05, 4.69) is 24.4 Å². The second-order valence-corrected chi connectivity index (χ2v) is 4.69. The van der Waals surface area contributed by atoms with Crippen molar-refractivity contribution in [2.75, 3.05) is 6.54 Å². The minimum absolute atomic E-state index is 0.0778. The molecule has 2 aromatic carbocycles. The van der Waals surface area contributed by atoms with Crippen molar-refractivity contribution in [2.45, 2.75) is 26.7 Å². The van der Waals surface area contributed by atoms with Crippen LogP contribution in [0.1, 0.15) is 23.6 Å². The molecule has 0 saturated carbocycles. The molecule has 0 aliphatic heterocycles. The van der Waals surface area contributed by atoms with Crippen LogP contribution in [0.5, 0.6) is 5.75 Å². The molecule has 0 aliphatic rings. The highest BCUT2D eigenvalue weighted by atomic mass is 16.5. The van der Waals surface area contributed by atoms with Gasteiger partial charge in [-0.1, -0.05) is 43.3 Å². The second kappa shape index (κ2) is 7.68. The lowest BCUT2D eigenvalue weighted by Crippen LogP contribution is -2.11. The van der Waals surface area contributed by atoms with Crippen molar-refractivity contribution < 1.29 is 9.84 Å². The van der Waals surface area contributed by atoms with Crippen molar-refractivity contribution >= 4 is 0 Å². The van der Waals surface area contributed by atoms with Crippen LogP contribution in [0.25, 0.3) is 0 Å². The van der Waals surface area contributed by atoms with Gasteiger partial charge in [0.2, 0.25) is 0 Å². The number of ether oxygens (including phenoxy) is 1. The summed E-state index contributed by atoms with van der Waals surface area (Å²) < 4.78 is 5.74. The largest absolute Gasteiger partial charge is 0.489 e. The maximum absolute atomic E-state index is 8.99. The summed E-state index contributed by atoms with van der Waals surface area (Å²) in [6, 6.07) is 15.9. The third kappa shape index (κ3) is 4.37. The quantitative estimate of drug-likeness (QED) is 0.813. The Bertz CT molecular complexity index is 506. The molecule has 0 spiro atoms. The third-order valence-corrected chi connectivity index (χ3v) is 3.11. The molecule has 0 atom stereocenters. The van der Waals surface area contributed by atoms with Crippen LogP contribution in [-0.2, 0) is 19.8 Å². The van der Waals surface area contributed by atoms with Gasteiger partial charge in [0.05, 0.1) is 6.61 Å². The highest BCUT2D eigenvalue weighted by Gasteiger charge is 1.98. The van der Waals surface area contributed by atoms with Gasteiger partial charge >= 0.3 is 0 Å². The van der Waals surface area contributed by atoms with E-state index >= 15 is 0 Å². The summed E-state index contributed by atoms with van der Waals surface area (Å²) in [5.74, 6) is 0.872. The summed E-state index contributed by atoms with van der Waals surface area (Å²) in [4.78, 5) is 0. The number of rotatable bonds is 7. The SMILES string of the molecule is CCNCc1ccc(OCc2ccc(CO)cc2)cc1. The van der Waals surface area contributed by atoms with Crippen LogP contribution in [0.2, 0.25) is 0 Å². The van der Waals surface area contributed by atoms with Gasteiger partial charge in [0, 0.05) is 6.54 Å². The maximum atomic E-state index is 8.99. The molecule has 3 heteroatoms. The zero-order chi connectivity index (χ0) is 14.2. The Hall–Kier alpha value is -1.84. The van der Waals surface area contributed by atoms with Crippen LogP contribution in [0.4, 0.5) is 0 Å². The average Bonchev–Trinajstić information content (AvgIpc) is 2.52. The molecule has 2 N–H and O–H groups in total. The molecule has 20 heavy (non-hydrogen) atoms. The average molecular weight is 271 g/mol. The Morgan fingerprint density at radius 1 is 0.900 bits per heavy atom. The smallest absolute Gasteiger partial charge is 0.119 e. The van der Waals surface area contributed by atoms with Crippen LogP contribution in [0, 0.1) is 0 Å². The fourth-order valence-corrected chi connectivity index (χ4v) is 1.88. The molecule has 106 valence electrons. The Balaban J connectivity index is 1.86. The van der Waals surface area contributed by atoms with Crippen LogP contribution < -0.4 is 10.1 Å². The molecule has 0 bridgehead atoms. The number of hydrogen-bond donors (Lipinski definition) is 2. The molecule has 2 rings (SSSR count). The zero-order valence-electron chi connectivity index (χ0n) is 11.8. The van der Waals surface area contributed by atoms with Gasteiger partial charge in [-0.2, -0.15) is 0 Å². The van der Waals surface area contributed by atoms with E-state index < -0.39 is 0 Å². The van der Waals surface area contributed by atoms with Crippen molar-refractivity contribution in [3.63, 3.8) is 0 Å². The van der Waals surface area contributed by atoms with Gasteiger partial charge in [-0.25, -0.2) is 0 Å². The summed E-state index contributed by atoms with van der Waals surface area (Å²) in [5.41, 5.74) is 3.27. The molecule has 0 aliphatic carbocycles. The van der Waals surface area contributed by atoms with E-state index in [9.17, 15) is 0 Å². The zero-order valence-corrected chi connectivity index (χ0v) is 11.8. The number of benzene rings is 2. The lowest BCUT2D eigenvalue weighted by atomic mass is 10.1. The van der Waals surface area contributed by atoms with E-state index in [-0.39, 0.29) is 6.61 Å². The van der Waals surface area contributed by atoms with Crippen molar-refractivity contribution in [1.29, 1.82) is 0 Å². The number of hydrogen-bond acceptors (Lipinski definition) is 3. The van der Waals surface area contributed by atoms with Crippen LogP contribution >= 0.6 is 0 Å². The minimum Gasteiger partial charge on any atom is -0.489 e. The van der Waals surface area contributed by atoms with Crippen LogP contribution in [-0.4, -0.2) is 11.7 Å². The molecule has 0 fully saturated rings. The van der Waals surface area contributed by atoms with E-state index in [1.165, 1.54) is 5.56 Å². The molecule has 2 aromatic rings. The van der Waals surface area contributed by atoms with Crippen LogP contribution in [0.15, 0.2) is 48.5 Å². The van der Waals surface area contributed by atoms with Gasteiger partial charge in [0.25, 0.3) is 0 Å². The predicted molar refractivity (Wildman–Crippen MR) is 80.5 cm³/mol. The van der Waals surface area contributed by atoms with Crippen molar-refractivity contribution in [3.05, 3.63) is 65.2 Å². The third-order valence-electron chi connectivity index (χ3n) is 3.11. The summed E-state index contributed by atoms with van der Waals surface area (Å²) in [6.45, 7) is 4.58. The number of aliphatic hydroxyl groups is 1.